The molecule has 0 radical (unpaired) electrons. The summed E-state index contributed by atoms with van der Waals surface area (Å²) in [5.41, 5.74) is 1.15. The van der Waals surface area contributed by atoms with E-state index in [1.54, 1.807) is 33.3 Å². The molecule has 3 aromatic rings. The van der Waals surface area contributed by atoms with Gasteiger partial charge >= 0.3 is 0 Å². The van der Waals surface area contributed by atoms with E-state index in [-0.39, 0.29) is 16.2 Å². The molecule has 1 heterocycles. The quantitative estimate of drug-likeness (QED) is 0.571. The Morgan fingerprint density at radius 1 is 1.17 bits per heavy atom. The third kappa shape index (κ3) is 4.58. The number of hydrogen-bond acceptors (Lipinski definition) is 6. The van der Waals surface area contributed by atoms with E-state index >= 15 is 0 Å². The molecule has 154 valence electrons. The number of amides is 1. The van der Waals surface area contributed by atoms with Gasteiger partial charge in [0.25, 0.3) is 5.91 Å². The van der Waals surface area contributed by atoms with Gasteiger partial charge in [-0.2, -0.15) is 4.99 Å². The molecule has 0 aliphatic rings. The van der Waals surface area contributed by atoms with E-state index in [4.69, 9.17) is 9.47 Å². The highest BCUT2D eigenvalue weighted by molar-refractivity contribution is 7.91. The van der Waals surface area contributed by atoms with E-state index in [9.17, 15) is 13.2 Å². The zero-order valence-corrected chi connectivity index (χ0v) is 18.0. The van der Waals surface area contributed by atoms with Gasteiger partial charge in [-0.05, 0) is 36.4 Å². The lowest BCUT2D eigenvalue weighted by Crippen LogP contribution is -2.19. The minimum Gasteiger partial charge on any atom is -0.497 e. The van der Waals surface area contributed by atoms with Gasteiger partial charge in [-0.15, -0.1) is 0 Å². The van der Waals surface area contributed by atoms with Gasteiger partial charge in [0.05, 0.1) is 34.6 Å². The Morgan fingerprint density at radius 2 is 1.97 bits per heavy atom. The third-order valence-corrected chi connectivity index (χ3v) is 7.20. The van der Waals surface area contributed by atoms with E-state index in [0.717, 1.165) is 10.2 Å². The molecule has 0 spiro atoms. The van der Waals surface area contributed by atoms with Crippen molar-refractivity contribution in [2.24, 2.45) is 4.99 Å². The van der Waals surface area contributed by atoms with Crippen LogP contribution in [0.4, 0.5) is 0 Å². The number of benzene rings is 2. The normalized spacial score (nSPS) is 12.4. The van der Waals surface area contributed by atoms with Crippen molar-refractivity contribution in [3.05, 3.63) is 52.8 Å². The molecule has 0 unspecified atom stereocenters. The van der Waals surface area contributed by atoms with Crippen LogP contribution in [0, 0.1) is 0 Å². The molecule has 2 aromatic carbocycles. The number of carbonyl (C=O) groups excluding carboxylic acids is 1. The van der Waals surface area contributed by atoms with Crippen molar-refractivity contribution in [2.75, 3.05) is 26.6 Å². The summed E-state index contributed by atoms with van der Waals surface area (Å²) in [7, 11) is -0.194. The first-order chi connectivity index (χ1) is 13.9. The van der Waals surface area contributed by atoms with Crippen LogP contribution in [-0.2, 0) is 21.1 Å². The molecule has 0 saturated carbocycles. The van der Waals surface area contributed by atoms with Crippen molar-refractivity contribution in [3.8, 4) is 5.75 Å². The second-order valence-corrected chi connectivity index (χ2v) is 9.50. The molecule has 7 nitrogen and oxygen atoms in total. The van der Waals surface area contributed by atoms with Gasteiger partial charge in [-0.1, -0.05) is 24.3 Å². The second-order valence-electron chi connectivity index (χ2n) is 6.21. The van der Waals surface area contributed by atoms with Crippen molar-refractivity contribution in [2.45, 2.75) is 18.4 Å². The van der Waals surface area contributed by atoms with Crippen molar-refractivity contribution in [1.29, 1.82) is 0 Å². The van der Waals surface area contributed by atoms with Crippen molar-refractivity contribution in [1.82, 2.24) is 4.57 Å². The third-order valence-electron chi connectivity index (χ3n) is 4.43. The van der Waals surface area contributed by atoms with Crippen LogP contribution < -0.4 is 9.54 Å². The molecule has 29 heavy (non-hydrogen) atoms. The summed E-state index contributed by atoms with van der Waals surface area (Å²) in [4.78, 5) is 17.7. The van der Waals surface area contributed by atoms with Crippen LogP contribution in [0.1, 0.15) is 17.3 Å². The Kier molecular flexibility index (Phi) is 6.51. The molecular formula is C20H22N2O5S2. The molecule has 0 saturated heterocycles. The smallest absolute Gasteiger partial charge is 0.279 e. The monoisotopic (exact) mass is 434 g/mol. The molecule has 1 amide bonds. The molecule has 1 aromatic heterocycles. The molecule has 3 rings (SSSR count). The summed E-state index contributed by atoms with van der Waals surface area (Å²) in [6, 6.07) is 11.6. The SMILES string of the molecule is CCS(=O)(=O)c1cccc(C(=O)N=c2sc3cc(OC)ccc3n2CCOC)c1. The number of methoxy groups -OCH3 is 2. The Hall–Kier alpha value is -2.49. The highest BCUT2D eigenvalue weighted by atomic mass is 32.2. The van der Waals surface area contributed by atoms with Gasteiger partial charge in [0.15, 0.2) is 14.6 Å². The summed E-state index contributed by atoms with van der Waals surface area (Å²) in [5.74, 6) is 0.188. The average Bonchev–Trinajstić information content (AvgIpc) is 3.08. The largest absolute Gasteiger partial charge is 0.497 e. The fourth-order valence-corrected chi connectivity index (χ4v) is 4.81. The zero-order valence-electron chi connectivity index (χ0n) is 16.4. The lowest BCUT2D eigenvalue weighted by molar-refractivity contribution is 0.0997. The van der Waals surface area contributed by atoms with Crippen molar-refractivity contribution >= 4 is 37.3 Å². The van der Waals surface area contributed by atoms with E-state index in [1.165, 1.54) is 23.5 Å². The van der Waals surface area contributed by atoms with Crippen LogP contribution in [0.5, 0.6) is 5.75 Å². The molecule has 0 atom stereocenters. The Labute approximate surface area is 173 Å². The molecule has 0 N–H and O–H groups in total. The molecule has 0 fully saturated rings. The van der Waals surface area contributed by atoms with Gasteiger partial charge in [0, 0.05) is 19.2 Å². The van der Waals surface area contributed by atoms with E-state index in [0.29, 0.717) is 23.7 Å². The van der Waals surface area contributed by atoms with Gasteiger partial charge in [-0.25, -0.2) is 8.42 Å². The topological polar surface area (TPSA) is 87.0 Å². The van der Waals surface area contributed by atoms with Gasteiger partial charge in [0.1, 0.15) is 5.75 Å². The standard InChI is InChI=1S/C20H22N2O5S2/c1-4-29(24,25)16-7-5-6-14(12-16)19(23)21-20-22(10-11-26-2)17-9-8-15(27-3)13-18(17)28-20/h5-9,12-13H,4,10-11H2,1-3H3. The predicted molar refractivity (Wildman–Crippen MR) is 112 cm³/mol. The van der Waals surface area contributed by atoms with Gasteiger partial charge < -0.3 is 14.0 Å². The van der Waals surface area contributed by atoms with Crippen LogP contribution in [-0.4, -0.2) is 45.5 Å². The van der Waals surface area contributed by atoms with Crippen LogP contribution in [0.2, 0.25) is 0 Å². The first-order valence-electron chi connectivity index (χ1n) is 8.97. The summed E-state index contributed by atoms with van der Waals surface area (Å²) in [6.07, 6.45) is 0. The number of aromatic nitrogens is 1. The van der Waals surface area contributed by atoms with Crippen molar-refractivity contribution < 1.29 is 22.7 Å². The lowest BCUT2D eigenvalue weighted by Gasteiger charge is -2.05. The number of thiazole rings is 1. The molecule has 0 bridgehead atoms. The minimum atomic E-state index is -3.40. The first-order valence-corrected chi connectivity index (χ1v) is 11.4. The summed E-state index contributed by atoms with van der Waals surface area (Å²) < 4.78 is 37.5. The number of ether oxygens (including phenoxy) is 2. The lowest BCUT2D eigenvalue weighted by atomic mass is 10.2. The molecule has 9 heteroatoms. The number of nitrogens with zero attached hydrogens (tertiary/aromatic N) is 2. The number of carbonyl (C=O) groups is 1. The molecule has 0 aliphatic carbocycles. The van der Waals surface area contributed by atoms with Crippen LogP contribution >= 0.6 is 11.3 Å². The van der Waals surface area contributed by atoms with Crippen LogP contribution in [0.25, 0.3) is 10.2 Å². The maximum Gasteiger partial charge on any atom is 0.279 e. The first kappa shape index (κ1) is 21.2. The zero-order chi connectivity index (χ0) is 21.0. The van der Waals surface area contributed by atoms with E-state index in [2.05, 4.69) is 4.99 Å². The fourth-order valence-electron chi connectivity index (χ4n) is 2.81. The van der Waals surface area contributed by atoms with Gasteiger partial charge in [0.2, 0.25) is 0 Å². The van der Waals surface area contributed by atoms with Gasteiger partial charge in [-0.3, -0.25) is 4.79 Å². The summed E-state index contributed by atoms with van der Waals surface area (Å²) >= 11 is 1.36. The highest BCUT2D eigenvalue weighted by Gasteiger charge is 2.15. The average molecular weight is 435 g/mol. The number of sulfone groups is 1. The van der Waals surface area contributed by atoms with Crippen LogP contribution in [0.15, 0.2) is 52.4 Å². The maximum atomic E-state index is 12.8. The highest BCUT2D eigenvalue weighted by Crippen LogP contribution is 2.23. The molecule has 0 aliphatic heterocycles. The Bertz CT molecular complexity index is 1210. The predicted octanol–water partition coefficient (Wildman–Crippen LogP) is 2.89. The summed E-state index contributed by atoms with van der Waals surface area (Å²) in [6.45, 7) is 2.56. The number of rotatable bonds is 7. The number of hydrogen-bond donors (Lipinski definition) is 0. The van der Waals surface area contributed by atoms with Crippen molar-refractivity contribution in [3.63, 3.8) is 0 Å². The Balaban J connectivity index is 2.09. The Morgan fingerprint density at radius 3 is 2.66 bits per heavy atom. The number of fused-ring (bicyclic) bond motifs is 1. The van der Waals surface area contributed by atoms with E-state index in [1.807, 2.05) is 22.8 Å². The fraction of sp³-hybridized carbons (Fsp3) is 0.300. The van der Waals surface area contributed by atoms with E-state index < -0.39 is 15.7 Å². The van der Waals surface area contributed by atoms with Crippen LogP contribution in [0.3, 0.4) is 0 Å². The second kappa shape index (κ2) is 8.89. The minimum absolute atomic E-state index is 0.0308. The maximum absolute atomic E-state index is 12.8. The summed E-state index contributed by atoms with van der Waals surface area (Å²) in [5, 5.41) is 0. The molecular weight excluding hydrogens is 412 g/mol.